The monoisotopic (exact) mass is 275 g/mol. The van der Waals surface area contributed by atoms with Gasteiger partial charge in [0.05, 0.1) is 5.56 Å². The fraction of sp³-hybridized carbons (Fsp3) is 0.588. The van der Waals surface area contributed by atoms with Gasteiger partial charge in [-0.05, 0) is 48.3 Å². The van der Waals surface area contributed by atoms with Crippen LogP contribution in [0.2, 0.25) is 0 Å². The minimum Gasteiger partial charge on any atom is -0.459 e. The fourth-order valence-electron chi connectivity index (χ4n) is 3.34. The van der Waals surface area contributed by atoms with Gasteiger partial charge in [0, 0.05) is 6.54 Å². The predicted molar refractivity (Wildman–Crippen MR) is 80.3 cm³/mol. The van der Waals surface area contributed by atoms with Crippen molar-refractivity contribution in [1.29, 1.82) is 0 Å². The highest BCUT2D eigenvalue weighted by molar-refractivity contribution is 5.89. The molecule has 0 heterocycles. The maximum Gasteiger partial charge on any atom is 0.338 e. The third-order valence-corrected chi connectivity index (χ3v) is 4.05. The molecule has 0 aromatic heterocycles. The van der Waals surface area contributed by atoms with Crippen LogP contribution in [0.1, 0.15) is 56.0 Å². The summed E-state index contributed by atoms with van der Waals surface area (Å²) in [4.78, 5) is 12.2. The molecule has 3 heteroatoms. The van der Waals surface area contributed by atoms with E-state index in [2.05, 4.69) is 20.8 Å². The smallest absolute Gasteiger partial charge is 0.338 e. The van der Waals surface area contributed by atoms with Crippen LogP contribution in [-0.4, -0.2) is 12.1 Å². The van der Waals surface area contributed by atoms with Crippen molar-refractivity contribution in [1.82, 2.24) is 0 Å². The Kier molecular flexibility index (Phi) is 4.48. The van der Waals surface area contributed by atoms with Gasteiger partial charge in [0.15, 0.2) is 0 Å². The summed E-state index contributed by atoms with van der Waals surface area (Å²) < 4.78 is 5.69. The van der Waals surface area contributed by atoms with Gasteiger partial charge in [-0.3, -0.25) is 0 Å². The summed E-state index contributed by atoms with van der Waals surface area (Å²) in [5, 5.41) is 0. The van der Waals surface area contributed by atoms with Gasteiger partial charge in [0.25, 0.3) is 0 Å². The van der Waals surface area contributed by atoms with E-state index in [9.17, 15) is 4.79 Å². The van der Waals surface area contributed by atoms with E-state index in [1.54, 1.807) is 12.1 Å². The minimum atomic E-state index is -0.219. The zero-order chi connectivity index (χ0) is 14.8. The van der Waals surface area contributed by atoms with Crippen LogP contribution in [0.5, 0.6) is 0 Å². The predicted octanol–water partition coefficient (Wildman–Crippen LogP) is 3.52. The summed E-state index contributed by atoms with van der Waals surface area (Å²) in [6.45, 7) is 7.22. The minimum absolute atomic E-state index is 0.0374. The van der Waals surface area contributed by atoms with Crippen molar-refractivity contribution in [3.63, 3.8) is 0 Å². The number of benzene rings is 1. The van der Waals surface area contributed by atoms with E-state index >= 15 is 0 Å². The molecule has 1 aliphatic carbocycles. The number of hydrogen-bond donors (Lipinski definition) is 1. The van der Waals surface area contributed by atoms with Crippen molar-refractivity contribution in [2.24, 2.45) is 17.1 Å². The molecule has 110 valence electrons. The lowest BCUT2D eigenvalue weighted by molar-refractivity contribution is -0.00714. The van der Waals surface area contributed by atoms with Gasteiger partial charge in [-0.25, -0.2) is 4.79 Å². The molecule has 3 nitrogen and oxygen atoms in total. The van der Waals surface area contributed by atoms with Crippen LogP contribution < -0.4 is 5.73 Å². The Balaban J connectivity index is 1.99. The van der Waals surface area contributed by atoms with Crippen molar-refractivity contribution in [2.75, 3.05) is 0 Å². The van der Waals surface area contributed by atoms with Crippen molar-refractivity contribution in [3.05, 3.63) is 35.4 Å². The van der Waals surface area contributed by atoms with Crippen LogP contribution in [0.3, 0.4) is 0 Å². The lowest BCUT2D eigenvalue weighted by Gasteiger charge is -2.38. The van der Waals surface area contributed by atoms with Gasteiger partial charge in [-0.15, -0.1) is 0 Å². The van der Waals surface area contributed by atoms with Crippen molar-refractivity contribution < 1.29 is 9.53 Å². The first-order valence-corrected chi connectivity index (χ1v) is 7.39. The zero-order valence-electron chi connectivity index (χ0n) is 12.7. The van der Waals surface area contributed by atoms with Crippen LogP contribution >= 0.6 is 0 Å². The summed E-state index contributed by atoms with van der Waals surface area (Å²) in [7, 11) is 0. The Labute approximate surface area is 121 Å². The standard InChI is InChI=1S/C17H25NO2/c1-12-8-15(10-17(2,3)9-12)20-16(19)14-6-4-13(11-18)5-7-14/h4-7,12,15H,8-11,18H2,1-3H3. The first kappa shape index (κ1) is 15.0. The maximum absolute atomic E-state index is 12.2. The average Bonchev–Trinajstić information content (AvgIpc) is 2.36. The summed E-state index contributed by atoms with van der Waals surface area (Å²) in [5.41, 5.74) is 7.44. The van der Waals surface area contributed by atoms with E-state index in [1.165, 1.54) is 6.42 Å². The van der Waals surface area contributed by atoms with E-state index in [0.29, 0.717) is 18.0 Å². The number of carbonyl (C=O) groups is 1. The van der Waals surface area contributed by atoms with Crippen LogP contribution in [0.4, 0.5) is 0 Å². The van der Waals surface area contributed by atoms with E-state index in [1.807, 2.05) is 12.1 Å². The lowest BCUT2D eigenvalue weighted by Crippen LogP contribution is -2.33. The highest BCUT2D eigenvalue weighted by Crippen LogP contribution is 2.39. The highest BCUT2D eigenvalue weighted by atomic mass is 16.5. The van der Waals surface area contributed by atoms with Gasteiger partial charge < -0.3 is 10.5 Å². The van der Waals surface area contributed by atoms with Crippen LogP contribution in [0, 0.1) is 11.3 Å². The molecule has 0 bridgehead atoms. The summed E-state index contributed by atoms with van der Waals surface area (Å²) in [5.74, 6) is 0.389. The molecular formula is C17H25NO2. The van der Waals surface area contributed by atoms with E-state index in [0.717, 1.165) is 18.4 Å². The van der Waals surface area contributed by atoms with Gasteiger partial charge in [-0.2, -0.15) is 0 Å². The second-order valence-corrected chi connectivity index (χ2v) is 6.84. The summed E-state index contributed by atoms with van der Waals surface area (Å²) in [6.07, 6.45) is 3.15. The third kappa shape index (κ3) is 3.83. The van der Waals surface area contributed by atoms with E-state index in [4.69, 9.17) is 10.5 Å². The zero-order valence-corrected chi connectivity index (χ0v) is 12.7. The quantitative estimate of drug-likeness (QED) is 0.859. The molecule has 0 radical (unpaired) electrons. The molecule has 20 heavy (non-hydrogen) atoms. The third-order valence-electron chi connectivity index (χ3n) is 4.05. The molecule has 0 aliphatic heterocycles. The van der Waals surface area contributed by atoms with E-state index in [-0.39, 0.29) is 17.5 Å². The van der Waals surface area contributed by atoms with Crippen LogP contribution in [0.25, 0.3) is 0 Å². The SMILES string of the molecule is CC1CC(OC(=O)c2ccc(CN)cc2)CC(C)(C)C1. The first-order chi connectivity index (χ1) is 9.39. The molecule has 1 aliphatic rings. The van der Waals surface area contributed by atoms with Crippen LogP contribution in [-0.2, 0) is 11.3 Å². The largest absolute Gasteiger partial charge is 0.459 e. The Morgan fingerprint density at radius 3 is 2.50 bits per heavy atom. The highest BCUT2D eigenvalue weighted by Gasteiger charge is 2.34. The Bertz CT molecular complexity index is 464. The molecule has 1 saturated carbocycles. The van der Waals surface area contributed by atoms with Crippen molar-refractivity contribution in [2.45, 2.75) is 52.7 Å². The van der Waals surface area contributed by atoms with E-state index < -0.39 is 0 Å². The summed E-state index contributed by atoms with van der Waals surface area (Å²) in [6, 6.07) is 7.35. The molecule has 0 spiro atoms. The second-order valence-electron chi connectivity index (χ2n) is 6.84. The molecule has 0 amide bonds. The fourth-order valence-corrected chi connectivity index (χ4v) is 3.34. The number of esters is 1. The summed E-state index contributed by atoms with van der Waals surface area (Å²) >= 11 is 0. The second kappa shape index (κ2) is 5.96. The molecule has 1 fully saturated rings. The molecular weight excluding hydrogens is 250 g/mol. The molecule has 0 saturated heterocycles. The molecule has 2 atom stereocenters. The Morgan fingerprint density at radius 2 is 1.95 bits per heavy atom. The van der Waals surface area contributed by atoms with Crippen molar-refractivity contribution in [3.8, 4) is 0 Å². The molecule has 2 unspecified atom stereocenters. The number of nitrogens with two attached hydrogens (primary N) is 1. The van der Waals surface area contributed by atoms with Gasteiger partial charge in [-0.1, -0.05) is 32.9 Å². The van der Waals surface area contributed by atoms with Gasteiger partial charge in [0.2, 0.25) is 0 Å². The average molecular weight is 275 g/mol. The molecule has 2 N–H and O–H groups in total. The number of hydrogen-bond acceptors (Lipinski definition) is 3. The maximum atomic E-state index is 12.2. The van der Waals surface area contributed by atoms with Crippen molar-refractivity contribution >= 4 is 5.97 Å². The Morgan fingerprint density at radius 1 is 1.30 bits per heavy atom. The van der Waals surface area contributed by atoms with Gasteiger partial charge in [0.1, 0.15) is 6.10 Å². The number of rotatable bonds is 3. The molecule has 1 aromatic rings. The number of carbonyl (C=O) groups excluding carboxylic acids is 1. The van der Waals surface area contributed by atoms with Crippen LogP contribution in [0.15, 0.2) is 24.3 Å². The molecule has 2 rings (SSSR count). The molecule has 1 aromatic carbocycles. The number of ether oxygens (including phenoxy) is 1. The normalized spacial score (nSPS) is 25.2. The first-order valence-electron chi connectivity index (χ1n) is 7.39. The topological polar surface area (TPSA) is 52.3 Å². The lowest BCUT2D eigenvalue weighted by atomic mass is 9.71. The Hall–Kier alpha value is -1.35. The van der Waals surface area contributed by atoms with Gasteiger partial charge >= 0.3 is 5.97 Å².